The van der Waals surface area contributed by atoms with Crippen LogP contribution in [0.4, 0.5) is 5.69 Å². The number of hydrogen-bond acceptors (Lipinski definition) is 5. The van der Waals surface area contributed by atoms with Gasteiger partial charge in [-0.15, -0.1) is 0 Å². The maximum atomic E-state index is 11.5. The Morgan fingerprint density at radius 1 is 1.32 bits per heavy atom. The smallest absolute Gasteiger partial charge is 0.351 e. The molecule has 3 rings (SSSR count). The predicted molar refractivity (Wildman–Crippen MR) is 111 cm³/mol. The lowest BCUT2D eigenvalue weighted by atomic mass is 9.87. The van der Waals surface area contributed by atoms with E-state index in [1.807, 2.05) is 6.07 Å². The third-order valence-electron chi connectivity index (χ3n) is 5.88. The van der Waals surface area contributed by atoms with Gasteiger partial charge in [0.1, 0.15) is 6.61 Å². The van der Waals surface area contributed by atoms with Crippen molar-refractivity contribution in [1.82, 2.24) is 4.90 Å². The summed E-state index contributed by atoms with van der Waals surface area (Å²) in [5.74, 6) is 0.0367. The quantitative estimate of drug-likeness (QED) is 0.515. The summed E-state index contributed by atoms with van der Waals surface area (Å²) in [6.07, 6.45) is 7.14. The second kappa shape index (κ2) is 8.78. The molecule has 2 aliphatic heterocycles. The Hall–Kier alpha value is -1.66. The van der Waals surface area contributed by atoms with Gasteiger partial charge in [-0.05, 0) is 57.8 Å². The van der Waals surface area contributed by atoms with Crippen molar-refractivity contribution in [1.29, 1.82) is 0 Å². The number of nitrogens with zero attached hydrogens (tertiary/aromatic N) is 1. The number of anilines is 1. The zero-order valence-corrected chi connectivity index (χ0v) is 17.6. The molecule has 0 aliphatic carbocycles. The van der Waals surface area contributed by atoms with Crippen LogP contribution in [0.5, 0.6) is 11.5 Å². The summed E-state index contributed by atoms with van der Waals surface area (Å²) in [6, 6.07) is 1.87. The zero-order valence-electron chi connectivity index (χ0n) is 16.8. The molecule has 1 unspecified atom stereocenters. The number of unbranched alkanes of at least 4 members (excludes halogenated alkanes) is 3. The van der Waals surface area contributed by atoms with Gasteiger partial charge in [0.15, 0.2) is 11.5 Å². The van der Waals surface area contributed by atoms with Crippen LogP contribution in [-0.4, -0.2) is 47.8 Å². The Kier molecular flexibility index (Phi) is 6.61. The summed E-state index contributed by atoms with van der Waals surface area (Å²) in [5, 5.41) is 9.83. The molecule has 0 bridgehead atoms. The fraction of sp³-hybridized carbons (Fsp3) is 0.667. The van der Waals surface area contributed by atoms with Crippen molar-refractivity contribution in [2.24, 2.45) is 0 Å². The minimum Gasteiger partial charge on any atom is -0.484 e. The Morgan fingerprint density at radius 3 is 2.68 bits per heavy atom. The first kappa shape index (κ1) is 21.1. The van der Waals surface area contributed by atoms with Crippen LogP contribution in [0.25, 0.3) is 0 Å². The summed E-state index contributed by atoms with van der Waals surface area (Å²) in [5.41, 5.74) is 5.84. The van der Waals surface area contributed by atoms with E-state index in [4.69, 9.17) is 26.8 Å². The van der Waals surface area contributed by atoms with E-state index in [1.54, 1.807) is 0 Å². The van der Waals surface area contributed by atoms with Gasteiger partial charge < -0.3 is 25.2 Å². The second-order valence-corrected chi connectivity index (χ2v) is 8.53. The molecule has 0 spiro atoms. The molecule has 6 nitrogen and oxygen atoms in total. The normalized spacial score (nSPS) is 23.0. The number of rotatable bonds is 7. The van der Waals surface area contributed by atoms with E-state index in [2.05, 4.69) is 11.8 Å². The van der Waals surface area contributed by atoms with Crippen LogP contribution >= 0.6 is 11.6 Å². The van der Waals surface area contributed by atoms with Crippen molar-refractivity contribution in [3.05, 3.63) is 16.7 Å². The molecule has 156 valence electrons. The van der Waals surface area contributed by atoms with Gasteiger partial charge >= 0.3 is 5.97 Å². The van der Waals surface area contributed by atoms with E-state index in [0.29, 0.717) is 16.7 Å². The Morgan fingerprint density at radius 2 is 2.04 bits per heavy atom. The monoisotopic (exact) mass is 410 g/mol. The highest BCUT2D eigenvalue weighted by Crippen LogP contribution is 2.49. The van der Waals surface area contributed by atoms with Crippen LogP contribution in [0.2, 0.25) is 5.02 Å². The maximum Gasteiger partial charge on any atom is 0.351 e. The summed E-state index contributed by atoms with van der Waals surface area (Å²) in [4.78, 5) is 14.1. The van der Waals surface area contributed by atoms with Crippen LogP contribution in [0, 0.1) is 0 Å². The molecule has 0 radical (unpaired) electrons. The number of nitrogen functional groups attached to an aromatic ring is 1. The fourth-order valence-electron chi connectivity index (χ4n) is 3.99. The van der Waals surface area contributed by atoms with Gasteiger partial charge in [0.05, 0.1) is 10.7 Å². The number of aliphatic carboxylic acids is 1. The van der Waals surface area contributed by atoms with Gasteiger partial charge in [-0.25, -0.2) is 4.79 Å². The van der Waals surface area contributed by atoms with E-state index in [-0.39, 0.29) is 18.0 Å². The molecule has 2 aliphatic rings. The molecule has 3 N–H and O–H groups in total. The summed E-state index contributed by atoms with van der Waals surface area (Å²) >= 11 is 6.35. The van der Waals surface area contributed by atoms with Crippen molar-refractivity contribution in [2.75, 3.05) is 32.0 Å². The molecule has 1 aromatic carbocycles. The summed E-state index contributed by atoms with van der Waals surface area (Å²) < 4.78 is 11.7. The summed E-state index contributed by atoms with van der Waals surface area (Å²) in [6.45, 7) is 6.90. The fourth-order valence-corrected chi connectivity index (χ4v) is 4.20. The van der Waals surface area contributed by atoms with E-state index in [9.17, 15) is 9.90 Å². The van der Waals surface area contributed by atoms with Crippen molar-refractivity contribution in [2.45, 2.75) is 63.9 Å². The first-order valence-corrected chi connectivity index (χ1v) is 10.6. The van der Waals surface area contributed by atoms with Crippen molar-refractivity contribution >= 4 is 23.3 Å². The Balaban J connectivity index is 1.73. The topological polar surface area (TPSA) is 85.0 Å². The van der Waals surface area contributed by atoms with E-state index in [0.717, 1.165) is 38.0 Å². The Labute approximate surface area is 171 Å². The van der Waals surface area contributed by atoms with Gasteiger partial charge in [0.2, 0.25) is 5.60 Å². The number of fused-ring (bicyclic) bond motifs is 1. The standard InChI is InChI=1S/C21H31ClN2O4/c1-3-4-5-6-9-24-10-7-14(8-11-24)15-12-16(22)17(23)19-18(15)27-13-21(2,28-19)20(25)26/h12,14H,3-11,13,23H2,1-2H3,(H,25,26). The molecule has 28 heavy (non-hydrogen) atoms. The molecule has 7 heteroatoms. The van der Waals surface area contributed by atoms with Crippen LogP contribution in [0.15, 0.2) is 6.07 Å². The van der Waals surface area contributed by atoms with Gasteiger partial charge in [0, 0.05) is 5.56 Å². The molecule has 1 fully saturated rings. The third-order valence-corrected chi connectivity index (χ3v) is 6.19. The average Bonchev–Trinajstić information content (AvgIpc) is 2.69. The highest BCUT2D eigenvalue weighted by molar-refractivity contribution is 6.33. The molecular weight excluding hydrogens is 380 g/mol. The highest BCUT2D eigenvalue weighted by atomic mass is 35.5. The number of carboxylic acids is 1. The number of likely N-dealkylation sites (tertiary alicyclic amines) is 1. The number of piperidine rings is 1. The molecule has 1 aromatic rings. The predicted octanol–water partition coefficient (Wildman–Crippen LogP) is 4.30. The third kappa shape index (κ3) is 4.33. The number of ether oxygens (including phenoxy) is 2. The number of halogens is 1. The van der Waals surface area contributed by atoms with E-state index >= 15 is 0 Å². The van der Waals surface area contributed by atoms with Crippen molar-refractivity contribution < 1.29 is 19.4 Å². The lowest BCUT2D eigenvalue weighted by molar-refractivity contribution is -0.158. The van der Waals surface area contributed by atoms with E-state index < -0.39 is 11.6 Å². The molecule has 0 aromatic heterocycles. The number of hydrogen-bond donors (Lipinski definition) is 2. The van der Waals surface area contributed by atoms with E-state index in [1.165, 1.54) is 32.6 Å². The van der Waals surface area contributed by atoms with Gasteiger partial charge in [-0.3, -0.25) is 0 Å². The van der Waals surface area contributed by atoms with Crippen LogP contribution < -0.4 is 15.2 Å². The highest BCUT2D eigenvalue weighted by Gasteiger charge is 2.43. The van der Waals surface area contributed by atoms with Gasteiger partial charge in [0.25, 0.3) is 0 Å². The lowest BCUT2D eigenvalue weighted by Gasteiger charge is -2.37. The minimum absolute atomic E-state index is 0.0559. The minimum atomic E-state index is -1.47. The van der Waals surface area contributed by atoms with Crippen molar-refractivity contribution in [3.8, 4) is 11.5 Å². The molecule has 1 saturated heterocycles. The lowest BCUT2D eigenvalue weighted by Crippen LogP contribution is -2.49. The zero-order chi connectivity index (χ0) is 20.3. The van der Waals surface area contributed by atoms with Crippen molar-refractivity contribution in [3.63, 3.8) is 0 Å². The first-order valence-electron chi connectivity index (χ1n) is 10.2. The maximum absolute atomic E-state index is 11.5. The largest absolute Gasteiger partial charge is 0.484 e. The molecule has 2 heterocycles. The van der Waals surface area contributed by atoms with Crippen LogP contribution in [-0.2, 0) is 4.79 Å². The molecule has 0 saturated carbocycles. The van der Waals surface area contributed by atoms with Crippen LogP contribution in [0.1, 0.15) is 63.9 Å². The number of benzene rings is 1. The average molecular weight is 411 g/mol. The first-order chi connectivity index (χ1) is 13.4. The number of nitrogens with two attached hydrogens (primary N) is 1. The molecular formula is C21H31ClN2O4. The van der Waals surface area contributed by atoms with Gasteiger partial charge in [-0.2, -0.15) is 0 Å². The second-order valence-electron chi connectivity index (χ2n) is 8.12. The number of carboxylic acid groups (broad SMARTS) is 1. The molecule has 0 amide bonds. The van der Waals surface area contributed by atoms with Gasteiger partial charge in [-0.1, -0.05) is 37.8 Å². The number of carbonyl (C=O) groups is 1. The molecule has 1 atom stereocenters. The Bertz CT molecular complexity index is 719. The van der Waals surface area contributed by atoms with Crippen LogP contribution in [0.3, 0.4) is 0 Å². The summed E-state index contributed by atoms with van der Waals surface area (Å²) in [7, 11) is 0. The SMILES string of the molecule is CCCCCCN1CCC(c2cc(Cl)c(N)c3c2OCC(C)(C(=O)O)O3)CC1.